The predicted molar refractivity (Wildman–Crippen MR) is 106 cm³/mol. The van der Waals surface area contributed by atoms with Gasteiger partial charge in [-0.3, -0.25) is 9.69 Å². The Labute approximate surface area is 158 Å². The summed E-state index contributed by atoms with van der Waals surface area (Å²) >= 11 is 6.34. The fraction of sp³-hybridized carbons (Fsp3) is 0.333. The zero-order chi connectivity index (χ0) is 18.1. The van der Waals surface area contributed by atoms with Crippen molar-refractivity contribution < 1.29 is 0 Å². The predicted octanol–water partition coefficient (Wildman–Crippen LogP) is 4.02. The smallest absolute Gasteiger partial charge is 0.275 e. The summed E-state index contributed by atoms with van der Waals surface area (Å²) in [5.41, 5.74) is 2.04. The van der Waals surface area contributed by atoms with Crippen LogP contribution in [0.5, 0.6) is 0 Å². The average Bonchev–Trinajstić information content (AvgIpc) is 3.08. The van der Waals surface area contributed by atoms with Crippen LogP contribution in [0.3, 0.4) is 0 Å². The number of halogens is 1. The Balaban J connectivity index is 1.60. The Morgan fingerprint density at radius 2 is 1.85 bits per heavy atom. The minimum Gasteiger partial charge on any atom is -0.281 e. The zero-order valence-corrected chi connectivity index (χ0v) is 15.6. The van der Waals surface area contributed by atoms with E-state index < -0.39 is 0 Å². The third-order valence-corrected chi connectivity index (χ3v) is 5.65. The number of likely N-dealkylation sites (tertiary alicyclic amines) is 1. The molecule has 4 nitrogen and oxygen atoms in total. The van der Waals surface area contributed by atoms with Crippen LogP contribution in [0, 0.1) is 6.92 Å². The zero-order valence-electron chi connectivity index (χ0n) is 14.9. The molecule has 3 aromatic rings. The molecule has 0 N–H and O–H groups in total. The van der Waals surface area contributed by atoms with Crippen LogP contribution in [-0.4, -0.2) is 27.3 Å². The van der Waals surface area contributed by atoms with E-state index in [9.17, 15) is 4.79 Å². The second kappa shape index (κ2) is 7.22. The van der Waals surface area contributed by atoms with Crippen LogP contribution in [0.1, 0.15) is 24.1 Å². The Hall–Kier alpha value is -2.17. The van der Waals surface area contributed by atoms with Gasteiger partial charge in [0, 0.05) is 23.0 Å². The van der Waals surface area contributed by atoms with Gasteiger partial charge in [-0.1, -0.05) is 48.0 Å². The first kappa shape index (κ1) is 17.3. The van der Waals surface area contributed by atoms with Gasteiger partial charge in [-0.2, -0.15) is 5.10 Å². The van der Waals surface area contributed by atoms with Crippen LogP contribution in [-0.2, 0) is 13.1 Å². The molecule has 5 heteroatoms. The number of rotatable bonds is 4. The maximum absolute atomic E-state index is 12.8. The molecule has 134 valence electrons. The van der Waals surface area contributed by atoms with Crippen molar-refractivity contribution in [1.82, 2.24) is 14.7 Å². The van der Waals surface area contributed by atoms with Crippen LogP contribution < -0.4 is 5.56 Å². The van der Waals surface area contributed by atoms with E-state index in [1.165, 1.54) is 5.56 Å². The van der Waals surface area contributed by atoms with Gasteiger partial charge >= 0.3 is 0 Å². The summed E-state index contributed by atoms with van der Waals surface area (Å²) in [4.78, 5) is 15.2. The summed E-state index contributed by atoms with van der Waals surface area (Å²) in [7, 11) is 0. The average molecular weight is 368 g/mol. The van der Waals surface area contributed by atoms with Crippen molar-refractivity contribution in [2.45, 2.75) is 38.9 Å². The van der Waals surface area contributed by atoms with E-state index >= 15 is 0 Å². The number of benzene rings is 2. The first-order chi connectivity index (χ1) is 12.6. The second-order valence-corrected chi connectivity index (χ2v) is 7.39. The quantitative estimate of drug-likeness (QED) is 0.699. The Kier molecular flexibility index (Phi) is 4.79. The standard InChI is InChI=1S/C21H22ClN3O/c1-15-18-9-3-4-10-19(18)21(26)25(23-15)14-24-12-6-8-17(24)13-16-7-2-5-11-20(16)22/h2-5,7,9-11,17H,6,8,12-14H2,1H3. The first-order valence-corrected chi connectivity index (χ1v) is 9.45. The number of aromatic nitrogens is 2. The lowest BCUT2D eigenvalue weighted by Gasteiger charge is -2.25. The number of aryl methyl sites for hydroxylation is 1. The Morgan fingerprint density at radius 1 is 1.12 bits per heavy atom. The normalized spacial score (nSPS) is 17.8. The van der Waals surface area contributed by atoms with Crippen molar-refractivity contribution in [2.75, 3.05) is 6.54 Å². The Bertz CT molecular complexity index is 998. The van der Waals surface area contributed by atoms with E-state index in [0.717, 1.165) is 47.3 Å². The van der Waals surface area contributed by atoms with E-state index in [-0.39, 0.29) is 5.56 Å². The molecule has 0 radical (unpaired) electrons. The molecule has 1 fully saturated rings. The molecule has 0 saturated carbocycles. The lowest BCUT2D eigenvalue weighted by Crippen LogP contribution is -2.38. The monoisotopic (exact) mass is 367 g/mol. The van der Waals surface area contributed by atoms with Gasteiger partial charge in [0.25, 0.3) is 5.56 Å². The van der Waals surface area contributed by atoms with Gasteiger partial charge in [-0.15, -0.1) is 0 Å². The maximum atomic E-state index is 12.8. The SMILES string of the molecule is Cc1nn(CN2CCCC2Cc2ccccc2Cl)c(=O)c2ccccc12. The maximum Gasteiger partial charge on any atom is 0.275 e. The van der Waals surface area contributed by atoms with E-state index in [0.29, 0.717) is 12.7 Å². The van der Waals surface area contributed by atoms with Gasteiger partial charge in [0.2, 0.25) is 0 Å². The van der Waals surface area contributed by atoms with Gasteiger partial charge < -0.3 is 0 Å². The van der Waals surface area contributed by atoms with Crippen molar-refractivity contribution >= 4 is 22.4 Å². The van der Waals surface area contributed by atoms with Crippen LogP contribution in [0.15, 0.2) is 53.3 Å². The van der Waals surface area contributed by atoms with E-state index in [4.69, 9.17) is 11.6 Å². The lowest BCUT2D eigenvalue weighted by molar-refractivity contribution is 0.185. The van der Waals surface area contributed by atoms with Crippen molar-refractivity contribution in [3.8, 4) is 0 Å². The lowest BCUT2D eigenvalue weighted by atomic mass is 10.0. The molecule has 1 unspecified atom stereocenters. The van der Waals surface area contributed by atoms with Gasteiger partial charge in [0.1, 0.15) is 0 Å². The highest BCUT2D eigenvalue weighted by Gasteiger charge is 2.26. The summed E-state index contributed by atoms with van der Waals surface area (Å²) in [5, 5.41) is 7.05. The molecule has 0 amide bonds. The molecule has 2 heterocycles. The minimum atomic E-state index is -0.0189. The highest BCUT2D eigenvalue weighted by molar-refractivity contribution is 6.31. The molecular weight excluding hydrogens is 346 g/mol. The van der Waals surface area contributed by atoms with Crippen LogP contribution in [0.25, 0.3) is 10.8 Å². The molecule has 1 aliphatic heterocycles. The summed E-state index contributed by atoms with van der Waals surface area (Å²) in [6.45, 7) is 3.47. The number of hydrogen-bond donors (Lipinski definition) is 0. The topological polar surface area (TPSA) is 38.1 Å². The number of fused-ring (bicyclic) bond motifs is 1. The molecule has 1 aliphatic rings. The van der Waals surface area contributed by atoms with E-state index in [1.54, 1.807) is 4.68 Å². The summed E-state index contributed by atoms with van der Waals surface area (Å²) in [6, 6.07) is 16.1. The molecule has 0 aliphatic carbocycles. The van der Waals surface area contributed by atoms with E-state index in [1.807, 2.05) is 49.4 Å². The molecule has 1 saturated heterocycles. The molecule has 0 bridgehead atoms. The van der Waals surface area contributed by atoms with Crippen molar-refractivity contribution in [3.05, 3.63) is 75.2 Å². The highest BCUT2D eigenvalue weighted by Crippen LogP contribution is 2.25. The first-order valence-electron chi connectivity index (χ1n) is 9.07. The minimum absolute atomic E-state index is 0.0189. The van der Waals surface area contributed by atoms with Gasteiger partial charge in [0.15, 0.2) is 0 Å². The molecular formula is C21H22ClN3O. The summed E-state index contributed by atoms with van der Waals surface area (Å²) in [6.07, 6.45) is 3.16. The summed E-state index contributed by atoms with van der Waals surface area (Å²) < 4.78 is 1.61. The molecule has 2 aromatic carbocycles. The third-order valence-electron chi connectivity index (χ3n) is 5.28. The fourth-order valence-corrected chi connectivity index (χ4v) is 4.12. The van der Waals surface area contributed by atoms with Crippen LogP contribution in [0.2, 0.25) is 5.02 Å². The summed E-state index contributed by atoms with van der Waals surface area (Å²) in [5.74, 6) is 0. The molecule has 4 rings (SSSR count). The van der Waals surface area contributed by atoms with Crippen molar-refractivity contribution in [1.29, 1.82) is 0 Å². The van der Waals surface area contributed by atoms with Crippen LogP contribution >= 0.6 is 11.6 Å². The van der Waals surface area contributed by atoms with Crippen molar-refractivity contribution in [2.24, 2.45) is 0 Å². The molecule has 1 atom stereocenters. The third kappa shape index (κ3) is 3.27. The number of nitrogens with zero attached hydrogens (tertiary/aromatic N) is 3. The van der Waals surface area contributed by atoms with Crippen LogP contribution in [0.4, 0.5) is 0 Å². The molecule has 1 aromatic heterocycles. The Morgan fingerprint density at radius 3 is 2.65 bits per heavy atom. The van der Waals surface area contributed by atoms with Gasteiger partial charge in [0.05, 0.1) is 17.7 Å². The van der Waals surface area contributed by atoms with E-state index in [2.05, 4.69) is 16.1 Å². The van der Waals surface area contributed by atoms with Crippen molar-refractivity contribution in [3.63, 3.8) is 0 Å². The molecule has 26 heavy (non-hydrogen) atoms. The van der Waals surface area contributed by atoms with Gasteiger partial charge in [-0.25, -0.2) is 4.68 Å². The number of hydrogen-bond acceptors (Lipinski definition) is 3. The fourth-order valence-electron chi connectivity index (χ4n) is 3.90. The largest absolute Gasteiger partial charge is 0.281 e. The molecule has 0 spiro atoms. The second-order valence-electron chi connectivity index (χ2n) is 6.98. The van der Waals surface area contributed by atoms with Gasteiger partial charge in [-0.05, 0) is 43.9 Å². The highest BCUT2D eigenvalue weighted by atomic mass is 35.5.